The number of hydrogen-bond donors (Lipinski definition) is 2. The van der Waals surface area contributed by atoms with Crippen molar-refractivity contribution in [2.75, 3.05) is 18.5 Å². The zero-order valence-electron chi connectivity index (χ0n) is 11.2. The van der Waals surface area contributed by atoms with Crippen LogP contribution >= 0.6 is 0 Å². The van der Waals surface area contributed by atoms with Gasteiger partial charge in [0.15, 0.2) is 0 Å². The van der Waals surface area contributed by atoms with E-state index in [1.807, 2.05) is 24.3 Å². The summed E-state index contributed by atoms with van der Waals surface area (Å²) in [6, 6.07) is 10.0. The van der Waals surface area contributed by atoms with Crippen molar-refractivity contribution in [1.29, 1.82) is 5.26 Å². The number of nitrogens with one attached hydrogen (secondary N) is 1. The average molecular weight is 246 g/mol. The fourth-order valence-corrected chi connectivity index (χ4v) is 1.90. The van der Waals surface area contributed by atoms with E-state index in [0.717, 1.165) is 30.6 Å². The van der Waals surface area contributed by atoms with Gasteiger partial charge < -0.3 is 10.4 Å². The number of aliphatic hydroxyl groups excluding tert-OH is 1. The first kappa shape index (κ1) is 14.5. The summed E-state index contributed by atoms with van der Waals surface area (Å²) < 4.78 is 0. The molecule has 0 aliphatic rings. The van der Waals surface area contributed by atoms with E-state index in [9.17, 15) is 5.11 Å². The van der Waals surface area contributed by atoms with E-state index >= 15 is 0 Å². The van der Waals surface area contributed by atoms with Crippen molar-refractivity contribution < 1.29 is 5.11 Å². The molecule has 98 valence electrons. The summed E-state index contributed by atoms with van der Waals surface area (Å²) in [6.45, 7) is 5.20. The molecule has 0 fully saturated rings. The van der Waals surface area contributed by atoms with Crippen molar-refractivity contribution in [3.63, 3.8) is 0 Å². The number of aliphatic hydroxyl groups is 1. The smallest absolute Gasteiger partial charge is 0.0669 e. The maximum Gasteiger partial charge on any atom is 0.0669 e. The third kappa shape index (κ3) is 3.75. The molecule has 0 aliphatic heterocycles. The van der Waals surface area contributed by atoms with Crippen LogP contribution in [0.2, 0.25) is 0 Å². The number of nitriles is 1. The minimum Gasteiger partial charge on any atom is -0.396 e. The Kier molecular flexibility index (Phi) is 5.67. The lowest BCUT2D eigenvalue weighted by molar-refractivity contribution is 0.127. The largest absolute Gasteiger partial charge is 0.396 e. The van der Waals surface area contributed by atoms with Gasteiger partial charge in [0.25, 0.3) is 0 Å². The van der Waals surface area contributed by atoms with E-state index in [4.69, 9.17) is 5.26 Å². The van der Waals surface area contributed by atoms with Crippen LogP contribution in [0.1, 0.15) is 32.3 Å². The second-order valence-electron chi connectivity index (χ2n) is 4.75. The summed E-state index contributed by atoms with van der Waals surface area (Å²) in [5.74, 6) is 0. The van der Waals surface area contributed by atoms with E-state index < -0.39 is 0 Å². The molecular weight excluding hydrogens is 224 g/mol. The Morgan fingerprint density at radius 2 is 1.83 bits per heavy atom. The predicted molar refractivity (Wildman–Crippen MR) is 74.3 cm³/mol. The van der Waals surface area contributed by atoms with E-state index in [1.165, 1.54) is 0 Å². The van der Waals surface area contributed by atoms with Crippen molar-refractivity contribution >= 4 is 5.69 Å². The molecule has 0 bridgehead atoms. The maximum absolute atomic E-state index is 9.49. The van der Waals surface area contributed by atoms with Crippen LogP contribution in [0, 0.1) is 16.7 Å². The molecule has 0 saturated heterocycles. The molecule has 0 spiro atoms. The second-order valence-corrected chi connectivity index (χ2v) is 4.75. The van der Waals surface area contributed by atoms with E-state index in [0.29, 0.717) is 6.42 Å². The van der Waals surface area contributed by atoms with Gasteiger partial charge in [0.1, 0.15) is 0 Å². The molecule has 0 aromatic heterocycles. The van der Waals surface area contributed by atoms with Crippen molar-refractivity contribution in [3.05, 3.63) is 29.8 Å². The minimum absolute atomic E-state index is 0.0364. The van der Waals surface area contributed by atoms with Crippen molar-refractivity contribution in [3.8, 4) is 6.07 Å². The van der Waals surface area contributed by atoms with E-state index in [1.54, 1.807) is 0 Å². The van der Waals surface area contributed by atoms with Gasteiger partial charge in [-0.1, -0.05) is 26.0 Å². The Morgan fingerprint density at radius 1 is 1.22 bits per heavy atom. The summed E-state index contributed by atoms with van der Waals surface area (Å²) >= 11 is 0. The molecule has 1 rings (SSSR count). The van der Waals surface area contributed by atoms with Crippen LogP contribution in [0.25, 0.3) is 0 Å². The fourth-order valence-electron chi connectivity index (χ4n) is 1.90. The lowest BCUT2D eigenvalue weighted by atomic mass is 9.83. The highest BCUT2D eigenvalue weighted by atomic mass is 16.3. The Bertz CT molecular complexity index is 380. The monoisotopic (exact) mass is 246 g/mol. The zero-order chi connectivity index (χ0) is 13.4. The zero-order valence-corrected chi connectivity index (χ0v) is 11.2. The Labute approximate surface area is 109 Å². The molecule has 2 N–H and O–H groups in total. The van der Waals surface area contributed by atoms with Gasteiger partial charge in [-0.2, -0.15) is 5.26 Å². The summed E-state index contributed by atoms with van der Waals surface area (Å²) in [7, 11) is 0. The topological polar surface area (TPSA) is 56.0 Å². The molecule has 0 atom stereocenters. The van der Waals surface area contributed by atoms with Gasteiger partial charge in [0, 0.05) is 17.6 Å². The lowest BCUT2D eigenvalue weighted by Crippen LogP contribution is -2.32. The number of nitrogens with zero attached hydrogens (tertiary/aromatic N) is 1. The Balaban J connectivity index is 2.60. The Morgan fingerprint density at radius 3 is 2.28 bits per heavy atom. The highest BCUT2D eigenvalue weighted by molar-refractivity contribution is 5.45. The highest BCUT2D eigenvalue weighted by Gasteiger charge is 2.24. The molecule has 0 unspecified atom stereocenters. The van der Waals surface area contributed by atoms with Gasteiger partial charge in [-0.15, -0.1) is 0 Å². The minimum atomic E-state index is -0.0364. The highest BCUT2D eigenvalue weighted by Crippen LogP contribution is 2.26. The molecule has 18 heavy (non-hydrogen) atoms. The number of benzene rings is 1. The molecule has 0 aliphatic carbocycles. The van der Waals surface area contributed by atoms with Crippen LogP contribution in [0.15, 0.2) is 24.3 Å². The Hall–Kier alpha value is -1.53. The maximum atomic E-state index is 9.49. The average Bonchev–Trinajstić information content (AvgIpc) is 2.43. The number of rotatable bonds is 7. The third-order valence-electron chi connectivity index (χ3n) is 3.74. The van der Waals surface area contributed by atoms with Gasteiger partial charge >= 0.3 is 0 Å². The summed E-state index contributed by atoms with van der Waals surface area (Å²) in [4.78, 5) is 0. The van der Waals surface area contributed by atoms with E-state index in [-0.39, 0.29) is 12.0 Å². The molecule has 0 saturated carbocycles. The first-order chi connectivity index (χ1) is 8.69. The van der Waals surface area contributed by atoms with Gasteiger partial charge in [0.05, 0.1) is 19.1 Å². The molecule has 0 amide bonds. The first-order valence-electron chi connectivity index (χ1n) is 6.50. The quantitative estimate of drug-likeness (QED) is 0.777. The van der Waals surface area contributed by atoms with Crippen molar-refractivity contribution in [2.45, 2.75) is 33.1 Å². The molecule has 0 heterocycles. The van der Waals surface area contributed by atoms with Crippen molar-refractivity contribution in [1.82, 2.24) is 0 Å². The standard InChI is InChI=1S/C15H22N2O/c1-3-15(4-2,12-18)11-17-14-7-5-13(6-8-14)9-10-16/h5-8,17-18H,3-4,9,11-12H2,1-2H3. The molecule has 1 aromatic rings. The molecule has 0 radical (unpaired) electrons. The molecule has 1 aromatic carbocycles. The van der Waals surface area contributed by atoms with Crippen molar-refractivity contribution in [2.24, 2.45) is 5.41 Å². The summed E-state index contributed by atoms with van der Waals surface area (Å²) in [6.07, 6.45) is 2.36. The fraction of sp³-hybridized carbons (Fsp3) is 0.533. The van der Waals surface area contributed by atoms with Crippen LogP contribution in [0.3, 0.4) is 0 Å². The SMILES string of the molecule is CCC(CC)(CO)CNc1ccc(CC#N)cc1. The van der Waals surface area contributed by atoms with Crippen LogP contribution < -0.4 is 5.32 Å². The number of hydrogen-bond acceptors (Lipinski definition) is 3. The predicted octanol–water partition coefficient (Wildman–Crippen LogP) is 2.96. The number of anilines is 1. The third-order valence-corrected chi connectivity index (χ3v) is 3.74. The second kappa shape index (κ2) is 7.03. The summed E-state index contributed by atoms with van der Waals surface area (Å²) in [5.41, 5.74) is 2.03. The molecule has 3 nitrogen and oxygen atoms in total. The van der Waals surface area contributed by atoms with Gasteiger partial charge in [0.2, 0.25) is 0 Å². The summed E-state index contributed by atoms with van der Waals surface area (Å²) in [5, 5.41) is 21.5. The van der Waals surface area contributed by atoms with Gasteiger partial charge in [-0.05, 0) is 30.5 Å². The van der Waals surface area contributed by atoms with Crippen LogP contribution in [-0.4, -0.2) is 18.3 Å². The van der Waals surface area contributed by atoms with Gasteiger partial charge in [-0.25, -0.2) is 0 Å². The van der Waals surface area contributed by atoms with Crippen LogP contribution in [0.5, 0.6) is 0 Å². The normalized spacial score (nSPS) is 11.0. The lowest BCUT2D eigenvalue weighted by Gasteiger charge is -2.30. The van der Waals surface area contributed by atoms with Crippen LogP contribution in [0.4, 0.5) is 5.69 Å². The molecule has 3 heteroatoms. The first-order valence-corrected chi connectivity index (χ1v) is 6.50. The van der Waals surface area contributed by atoms with Gasteiger partial charge in [-0.3, -0.25) is 0 Å². The van der Waals surface area contributed by atoms with E-state index in [2.05, 4.69) is 25.2 Å². The molecular formula is C15H22N2O. The van der Waals surface area contributed by atoms with Crippen LogP contribution in [-0.2, 0) is 6.42 Å².